The molecule has 154 valence electrons. The largest absolute Gasteiger partial charge is 0.493 e. The molecule has 1 N–H and O–H groups in total. The van der Waals surface area contributed by atoms with E-state index in [1.807, 2.05) is 0 Å². The van der Waals surface area contributed by atoms with E-state index in [0.29, 0.717) is 33.0 Å². The van der Waals surface area contributed by atoms with E-state index < -0.39 is 17.8 Å². The van der Waals surface area contributed by atoms with Gasteiger partial charge in [0.2, 0.25) is 6.79 Å². The topological polar surface area (TPSA) is 103 Å². The van der Waals surface area contributed by atoms with Crippen LogP contribution < -0.4 is 29.2 Å². The van der Waals surface area contributed by atoms with Crippen molar-refractivity contribution in [3.05, 3.63) is 45.9 Å². The lowest BCUT2D eigenvalue weighted by atomic mass is 10.1. The summed E-state index contributed by atoms with van der Waals surface area (Å²) in [7, 11) is 2.92. The summed E-state index contributed by atoms with van der Waals surface area (Å²) in [5, 5.41) is 2.18. The summed E-state index contributed by atoms with van der Waals surface area (Å²) in [5.41, 5.74) is 0.409. The normalized spacial score (nSPS) is 16.7. The third-order valence-electron chi connectivity index (χ3n) is 4.49. The molecule has 4 amide bonds. The first kappa shape index (κ1) is 19.8. The molecule has 4 rings (SSSR count). The van der Waals surface area contributed by atoms with E-state index in [0.717, 1.165) is 4.90 Å². The Kier molecular flexibility index (Phi) is 5.08. The predicted octanol–water partition coefficient (Wildman–Crippen LogP) is 2.86. The van der Waals surface area contributed by atoms with E-state index in [9.17, 15) is 14.4 Å². The van der Waals surface area contributed by atoms with Gasteiger partial charge in [0.25, 0.3) is 11.8 Å². The zero-order valence-corrected chi connectivity index (χ0v) is 17.4. The van der Waals surface area contributed by atoms with Crippen molar-refractivity contribution in [2.75, 3.05) is 25.9 Å². The molecule has 2 aliphatic heterocycles. The second-order valence-electron chi connectivity index (χ2n) is 6.23. The van der Waals surface area contributed by atoms with E-state index in [1.54, 1.807) is 18.2 Å². The minimum absolute atomic E-state index is 0.0487. The van der Waals surface area contributed by atoms with Gasteiger partial charge < -0.3 is 18.9 Å². The van der Waals surface area contributed by atoms with Crippen molar-refractivity contribution in [3.63, 3.8) is 0 Å². The lowest BCUT2D eigenvalue weighted by Gasteiger charge is -2.26. The molecule has 9 nitrogen and oxygen atoms in total. The number of nitrogens with zero attached hydrogens (tertiary/aromatic N) is 1. The molecule has 0 radical (unpaired) electrons. The van der Waals surface area contributed by atoms with Gasteiger partial charge in [0, 0.05) is 16.1 Å². The molecule has 1 fully saturated rings. The summed E-state index contributed by atoms with van der Waals surface area (Å²) in [4.78, 5) is 38.8. The Hall–Kier alpha value is -3.53. The van der Waals surface area contributed by atoms with Gasteiger partial charge in [0.15, 0.2) is 23.0 Å². The number of fused-ring (bicyclic) bond motifs is 1. The van der Waals surface area contributed by atoms with Crippen LogP contribution in [0.15, 0.2) is 40.4 Å². The Labute approximate surface area is 179 Å². The number of hydrogen-bond donors (Lipinski definition) is 1. The monoisotopic (exact) mass is 474 g/mol. The summed E-state index contributed by atoms with van der Waals surface area (Å²) >= 11 is 3.36. The lowest BCUT2D eigenvalue weighted by molar-refractivity contribution is -0.122. The average molecular weight is 475 g/mol. The van der Waals surface area contributed by atoms with Crippen LogP contribution in [-0.4, -0.2) is 38.9 Å². The van der Waals surface area contributed by atoms with Gasteiger partial charge in [0.05, 0.1) is 19.9 Å². The van der Waals surface area contributed by atoms with Gasteiger partial charge in [-0.05, 0) is 30.3 Å². The highest BCUT2D eigenvalue weighted by molar-refractivity contribution is 9.10. The van der Waals surface area contributed by atoms with Crippen molar-refractivity contribution in [2.45, 2.75) is 0 Å². The Bertz CT molecular complexity index is 1110. The minimum atomic E-state index is -0.861. The van der Waals surface area contributed by atoms with Crippen LogP contribution in [-0.2, 0) is 9.59 Å². The zero-order chi connectivity index (χ0) is 21.4. The van der Waals surface area contributed by atoms with Crippen LogP contribution in [0, 0.1) is 0 Å². The van der Waals surface area contributed by atoms with E-state index in [2.05, 4.69) is 21.2 Å². The van der Waals surface area contributed by atoms with Crippen LogP contribution >= 0.6 is 15.9 Å². The molecule has 1 saturated heterocycles. The number of nitrogens with one attached hydrogen (secondary N) is 1. The number of imide groups is 2. The number of halogens is 1. The molecule has 0 spiro atoms. The number of hydrogen-bond acceptors (Lipinski definition) is 7. The van der Waals surface area contributed by atoms with Crippen molar-refractivity contribution >= 4 is 45.5 Å². The number of methoxy groups -OCH3 is 2. The molecule has 0 atom stereocenters. The van der Waals surface area contributed by atoms with Crippen molar-refractivity contribution in [1.82, 2.24) is 5.32 Å². The predicted molar refractivity (Wildman–Crippen MR) is 109 cm³/mol. The van der Waals surface area contributed by atoms with Crippen LogP contribution in [0.4, 0.5) is 10.5 Å². The van der Waals surface area contributed by atoms with Gasteiger partial charge in [0.1, 0.15) is 5.57 Å². The maximum absolute atomic E-state index is 13.1. The summed E-state index contributed by atoms with van der Waals surface area (Å²) in [5.74, 6) is 0.0355. The summed E-state index contributed by atoms with van der Waals surface area (Å²) < 4.78 is 21.9. The lowest BCUT2D eigenvalue weighted by Crippen LogP contribution is -2.54. The number of carbonyl (C=O) groups excluding carboxylic acids is 3. The van der Waals surface area contributed by atoms with Crippen molar-refractivity contribution < 1.29 is 33.3 Å². The summed E-state index contributed by atoms with van der Waals surface area (Å²) in [6, 6.07) is 7.10. The smallest absolute Gasteiger partial charge is 0.335 e. The summed E-state index contributed by atoms with van der Waals surface area (Å²) in [6.45, 7) is 0.0487. The second-order valence-corrected chi connectivity index (χ2v) is 7.14. The van der Waals surface area contributed by atoms with Gasteiger partial charge in [-0.1, -0.05) is 15.9 Å². The number of benzene rings is 2. The molecular weight excluding hydrogens is 460 g/mol. The number of barbiturate groups is 1. The Morgan fingerprint density at radius 3 is 2.57 bits per heavy atom. The molecular formula is C20H15BrN2O7. The third kappa shape index (κ3) is 3.35. The zero-order valence-electron chi connectivity index (χ0n) is 15.9. The van der Waals surface area contributed by atoms with Crippen LogP contribution in [0.3, 0.4) is 0 Å². The highest BCUT2D eigenvalue weighted by Crippen LogP contribution is 2.38. The first-order valence-electron chi connectivity index (χ1n) is 8.65. The molecule has 2 heterocycles. The fraction of sp³-hybridized carbons (Fsp3) is 0.150. The number of carbonyl (C=O) groups is 3. The van der Waals surface area contributed by atoms with Crippen LogP contribution in [0.25, 0.3) is 6.08 Å². The fourth-order valence-corrected chi connectivity index (χ4v) is 3.59. The Morgan fingerprint density at radius 2 is 1.83 bits per heavy atom. The van der Waals surface area contributed by atoms with Gasteiger partial charge in [-0.25, -0.2) is 9.69 Å². The number of ether oxygens (including phenoxy) is 4. The molecule has 2 aromatic rings. The average Bonchev–Trinajstić information content (AvgIpc) is 3.18. The number of anilines is 1. The minimum Gasteiger partial charge on any atom is -0.493 e. The highest BCUT2D eigenvalue weighted by atomic mass is 79.9. The fourth-order valence-electron chi connectivity index (χ4n) is 3.14. The quantitative estimate of drug-likeness (QED) is 0.536. The first-order chi connectivity index (χ1) is 14.4. The molecule has 0 aromatic heterocycles. The maximum atomic E-state index is 13.1. The Morgan fingerprint density at radius 1 is 1.07 bits per heavy atom. The van der Waals surface area contributed by atoms with Crippen LogP contribution in [0.1, 0.15) is 5.56 Å². The van der Waals surface area contributed by atoms with Crippen LogP contribution in [0.2, 0.25) is 0 Å². The third-order valence-corrected chi connectivity index (χ3v) is 4.95. The summed E-state index contributed by atoms with van der Waals surface area (Å²) in [6.07, 6.45) is 1.34. The molecule has 2 aliphatic rings. The molecule has 10 heteroatoms. The van der Waals surface area contributed by atoms with Crippen molar-refractivity contribution in [2.24, 2.45) is 0 Å². The van der Waals surface area contributed by atoms with Crippen molar-refractivity contribution in [1.29, 1.82) is 0 Å². The van der Waals surface area contributed by atoms with Crippen molar-refractivity contribution in [3.8, 4) is 23.0 Å². The molecule has 0 saturated carbocycles. The number of urea groups is 1. The Balaban J connectivity index is 1.78. The van der Waals surface area contributed by atoms with Gasteiger partial charge in [-0.3, -0.25) is 14.9 Å². The molecule has 0 aliphatic carbocycles. The first-order valence-corrected chi connectivity index (χ1v) is 9.45. The highest BCUT2D eigenvalue weighted by Gasteiger charge is 2.37. The van der Waals surface area contributed by atoms with E-state index in [4.69, 9.17) is 18.9 Å². The van der Waals surface area contributed by atoms with Gasteiger partial charge in [-0.2, -0.15) is 0 Å². The van der Waals surface area contributed by atoms with E-state index in [-0.39, 0.29) is 18.1 Å². The van der Waals surface area contributed by atoms with Gasteiger partial charge >= 0.3 is 6.03 Å². The molecule has 0 bridgehead atoms. The second kappa shape index (κ2) is 7.71. The van der Waals surface area contributed by atoms with E-state index in [1.165, 1.54) is 32.4 Å². The molecule has 0 unspecified atom stereocenters. The van der Waals surface area contributed by atoms with Crippen LogP contribution in [0.5, 0.6) is 23.0 Å². The molecule has 2 aromatic carbocycles. The number of amides is 4. The SMILES string of the molecule is COc1cc(Br)cc(/C=C2\C(=O)NC(=O)N(c3ccc4c(c3)OCO4)C2=O)c1OC. The standard InChI is InChI=1S/C20H15BrN2O7/c1-27-16-7-11(21)5-10(17(16)28-2)6-13-18(24)22-20(26)23(19(13)25)12-3-4-14-15(8-12)30-9-29-14/h3-8H,9H2,1-2H3,(H,22,24,26)/b13-6+. The van der Waals surface area contributed by atoms with Gasteiger partial charge in [-0.15, -0.1) is 0 Å². The molecule has 30 heavy (non-hydrogen) atoms. The maximum Gasteiger partial charge on any atom is 0.335 e. The number of rotatable bonds is 4. The van der Waals surface area contributed by atoms with E-state index >= 15 is 0 Å².